The molecule has 1 aliphatic rings. The van der Waals surface area contributed by atoms with Gasteiger partial charge in [-0.25, -0.2) is 0 Å². The van der Waals surface area contributed by atoms with Gasteiger partial charge in [-0.15, -0.1) is 0 Å². The number of nitrogens with one attached hydrogen (secondary N) is 1. The molecule has 0 aromatic rings. The Kier molecular flexibility index (Phi) is 5.40. The second-order valence-corrected chi connectivity index (χ2v) is 5.37. The van der Waals surface area contributed by atoms with E-state index in [0.717, 1.165) is 19.4 Å². The van der Waals surface area contributed by atoms with Gasteiger partial charge in [0.15, 0.2) is 0 Å². The first-order valence-electron chi connectivity index (χ1n) is 6.66. The van der Waals surface area contributed by atoms with Crippen LogP contribution in [-0.4, -0.2) is 47.7 Å². The molecule has 17 heavy (non-hydrogen) atoms. The van der Waals surface area contributed by atoms with Crippen LogP contribution in [0.4, 0.5) is 0 Å². The first kappa shape index (κ1) is 14.5. The molecular weight excluding hydrogens is 216 g/mol. The Bertz CT molecular complexity index is 258. The number of nitrogens with zero attached hydrogens (tertiary/aromatic N) is 1. The second kappa shape index (κ2) is 6.36. The predicted molar refractivity (Wildman–Crippen MR) is 69.2 cm³/mol. The van der Waals surface area contributed by atoms with Crippen molar-refractivity contribution >= 4 is 5.97 Å². The Morgan fingerprint density at radius 2 is 2.24 bits per heavy atom. The summed E-state index contributed by atoms with van der Waals surface area (Å²) in [5.74, 6) is -0.755. The van der Waals surface area contributed by atoms with Crippen LogP contribution >= 0.6 is 0 Å². The van der Waals surface area contributed by atoms with Crippen molar-refractivity contribution in [3.05, 3.63) is 0 Å². The molecule has 2 N–H and O–H groups in total. The summed E-state index contributed by atoms with van der Waals surface area (Å²) in [6.07, 6.45) is 5.37. The largest absolute Gasteiger partial charge is 0.480 e. The minimum atomic E-state index is -0.767. The van der Waals surface area contributed by atoms with E-state index in [9.17, 15) is 4.79 Å². The average molecular weight is 242 g/mol. The minimum absolute atomic E-state index is 0.695. The van der Waals surface area contributed by atoms with Crippen LogP contribution in [0.15, 0.2) is 0 Å². The van der Waals surface area contributed by atoms with Crippen LogP contribution in [0.3, 0.4) is 0 Å². The van der Waals surface area contributed by atoms with E-state index in [2.05, 4.69) is 17.1 Å². The molecule has 0 aliphatic carbocycles. The van der Waals surface area contributed by atoms with Crippen molar-refractivity contribution in [1.29, 1.82) is 0 Å². The number of unbranched alkanes of at least 4 members (excludes halogenated alkanes) is 1. The van der Waals surface area contributed by atoms with E-state index in [1.165, 1.54) is 19.4 Å². The molecule has 1 aliphatic heterocycles. The van der Waals surface area contributed by atoms with E-state index >= 15 is 0 Å². The van der Waals surface area contributed by atoms with Gasteiger partial charge in [0, 0.05) is 6.04 Å². The lowest BCUT2D eigenvalue weighted by molar-refractivity contribution is -0.144. The monoisotopic (exact) mass is 242 g/mol. The van der Waals surface area contributed by atoms with E-state index in [1.54, 1.807) is 14.0 Å². The molecule has 0 spiro atoms. The smallest absolute Gasteiger partial charge is 0.323 e. The quantitative estimate of drug-likeness (QED) is 0.667. The molecule has 1 saturated heterocycles. The summed E-state index contributed by atoms with van der Waals surface area (Å²) in [5.41, 5.74) is -0.767. The Balaban J connectivity index is 2.21. The summed E-state index contributed by atoms with van der Waals surface area (Å²) in [6.45, 7) is 6.36. The summed E-state index contributed by atoms with van der Waals surface area (Å²) in [6, 6.07) is 0.713. The van der Waals surface area contributed by atoms with Crippen LogP contribution in [-0.2, 0) is 4.79 Å². The van der Waals surface area contributed by atoms with Crippen LogP contribution in [0.2, 0.25) is 0 Å². The number of carbonyl (C=O) groups is 1. The number of likely N-dealkylation sites (tertiary alicyclic amines) is 1. The highest BCUT2D eigenvalue weighted by molar-refractivity contribution is 5.78. The molecule has 4 heteroatoms. The predicted octanol–water partition coefficient (Wildman–Crippen LogP) is 1.70. The highest BCUT2D eigenvalue weighted by Gasteiger charge is 2.30. The van der Waals surface area contributed by atoms with Crippen molar-refractivity contribution in [2.75, 3.05) is 20.1 Å². The Labute approximate surface area is 104 Å². The molecule has 4 nitrogen and oxygen atoms in total. The topological polar surface area (TPSA) is 52.6 Å². The van der Waals surface area contributed by atoms with Gasteiger partial charge in [0.25, 0.3) is 0 Å². The van der Waals surface area contributed by atoms with Crippen LogP contribution in [0, 0.1) is 0 Å². The highest BCUT2D eigenvalue weighted by atomic mass is 16.4. The van der Waals surface area contributed by atoms with E-state index in [0.29, 0.717) is 12.5 Å². The zero-order chi connectivity index (χ0) is 12.9. The maximum absolute atomic E-state index is 11.1. The number of rotatable bonds is 7. The number of likely N-dealkylation sites (N-methyl/N-ethyl adjacent to an activating group) is 1. The number of aliphatic carboxylic acids is 1. The number of hydrogen-bond acceptors (Lipinski definition) is 3. The van der Waals surface area contributed by atoms with Crippen molar-refractivity contribution in [3.63, 3.8) is 0 Å². The van der Waals surface area contributed by atoms with Gasteiger partial charge >= 0.3 is 5.97 Å². The van der Waals surface area contributed by atoms with Gasteiger partial charge in [0.05, 0.1) is 0 Å². The number of carboxylic acid groups (broad SMARTS) is 1. The lowest BCUT2D eigenvalue weighted by atomic mass is 9.95. The fraction of sp³-hybridized carbons (Fsp3) is 0.923. The summed E-state index contributed by atoms with van der Waals surface area (Å²) < 4.78 is 0. The van der Waals surface area contributed by atoms with Crippen molar-refractivity contribution in [1.82, 2.24) is 10.2 Å². The van der Waals surface area contributed by atoms with Gasteiger partial charge < -0.3 is 15.3 Å². The Morgan fingerprint density at radius 1 is 1.53 bits per heavy atom. The van der Waals surface area contributed by atoms with Crippen molar-refractivity contribution < 1.29 is 9.90 Å². The van der Waals surface area contributed by atoms with E-state index in [4.69, 9.17) is 5.11 Å². The summed E-state index contributed by atoms with van der Waals surface area (Å²) in [5, 5.41) is 12.0. The maximum atomic E-state index is 11.1. The molecule has 100 valence electrons. The maximum Gasteiger partial charge on any atom is 0.323 e. The standard InChI is InChI=1S/C13H26N2O2/c1-11-7-6-10-15(11)9-5-4-8-13(2,14-3)12(16)17/h11,14H,4-10H2,1-3H3,(H,16,17). The molecule has 1 fully saturated rings. The van der Waals surface area contributed by atoms with Crippen LogP contribution < -0.4 is 5.32 Å². The lowest BCUT2D eigenvalue weighted by Crippen LogP contribution is -2.47. The zero-order valence-corrected chi connectivity index (χ0v) is 11.3. The van der Waals surface area contributed by atoms with Crippen molar-refractivity contribution in [2.45, 2.75) is 57.5 Å². The second-order valence-electron chi connectivity index (χ2n) is 5.37. The molecule has 2 unspecified atom stereocenters. The van der Waals surface area contributed by atoms with Gasteiger partial charge in [0.2, 0.25) is 0 Å². The van der Waals surface area contributed by atoms with Gasteiger partial charge in [-0.05, 0) is 66.1 Å². The van der Waals surface area contributed by atoms with Gasteiger partial charge in [-0.2, -0.15) is 0 Å². The highest BCUT2D eigenvalue weighted by Crippen LogP contribution is 2.18. The van der Waals surface area contributed by atoms with Crippen molar-refractivity contribution in [2.24, 2.45) is 0 Å². The first-order chi connectivity index (χ1) is 7.99. The Hall–Kier alpha value is -0.610. The molecule has 0 aromatic heterocycles. The van der Waals surface area contributed by atoms with Gasteiger partial charge in [-0.1, -0.05) is 0 Å². The Morgan fingerprint density at radius 3 is 2.71 bits per heavy atom. The molecule has 2 atom stereocenters. The third-order valence-electron chi connectivity index (χ3n) is 4.09. The third kappa shape index (κ3) is 3.96. The molecule has 0 aromatic carbocycles. The zero-order valence-electron chi connectivity index (χ0n) is 11.3. The van der Waals surface area contributed by atoms with Crippen LogP contribution in [0.1, 0.15) is 46.0 Å². The molecule has 0 bridgehead atoms. The molecule has 1 rings (SSSR count). The fourth-order valence-electron chi connectivity index (χ4n) is 2.46. The third-order valence-corrected chi connectivity index (χ3v) is 4.09. The molecular formula is C13H26N2O2. The van der Waals surface area contributed by atoms with Crippen molar-refractivity contribution in [3.8, 4) is 0 Å². The molecule has 0 radical (unpaired) electrons. The molecule has 0 amide bonds. The number of carboxylic acids is 1. The SMILES string of the molecule is CNC(C)(CCCCN1CCCC1C)C(=O)O. The summed E-state index contributed by atoms with van der Waals surface area (Å²) in [4.78, 5) is 13.6. The van der Waals surface area contributed by atoms with Gasteiger partial charge in [0.1, 0.15) is 5.54 Å². The van der Waals surface area contributed by atoms with Crippen LogP contribution in [0.25, 0.3) is 0 Å². The normalized spacial score (nSPS) is 24.8. The lowest BCUT2D eigenvalue weighted by Gasteiger charge is -2.25. The molecule has 1 heterocycles. The van der Waals surface area contributed by atoms with E-state index in [-0.39, 0.29) is 0 Å². The molecule has 0 saturated carbocycles. The van der Waals surface area contributed by atoms with E-state index in [1.807, 2.05) is 0 Å². The summed E-state index contributed by atoms with van der Waals surface area (Å²) >= 11 is 0. The average Bonchev–Trinajstić information content (AvgIpc) is 2.70. The summed E-state index contributed by atoms with van der Waals surface area (Å²) in [7, 11) is 1.72. The van der Waals surface area contributed by atoms with E-state index < -0.39 is 11.5 Å². The number of hydrogen-bond donors (Lipinski definition) is 2. The van der Waals surface area contributed by atoms with Crippen LogP contribution in [0.5, 0.6) is 0 Å². The first-order valence-corrected chi connectivity index (χ1v) is 6.66. The minimum Gasteiger partial charge on any atom is -0.480 e. The van der Waals surface area contributed by atoms with Gasteiger partial charge in [-0.3, -0.25) is 4.79 Å². The fourth-order valence-corrected chi connectivity index (χ4v) is 2.46.